The van der Waals surface area contributed by atoms with Crippen LogP contribution in [-0.4, -0.2) is 279 Å². The van der Waals surface area contributed by atoms with Gasteiger partial charge < -0.3 is 127 Å². The SMILES string of the molecule is CC(=O)O.CC[C@H](C)[C@H](NC(=O)[C@H](CCC(=O)O)NC(=O)[C@H](CCC(=O)O)NC(=O)[C@@H](NC(=O)[C@@H](N)CCCCN)[C@@H](C)O)C(=O)N[C@@H](CO)C(=O)N[C@@H](CCC(=O)O)C(=O)N[C@H](C(=O)N[C@@H](CC(N)=O)C(=O)N(C(=O)C[C@H](O)[C@@H](N)CC(C)C)[C@H](C(=O)N[C@@H](C)C(=O)N[C@@H](CCC(=O)O)C(=O)N[C@@H](Cc1ccccc1)C(=O)O)C(C)C)C(C)C. The van der Waals surface area contributed by atoms with Crippen LogP contribution in [0.1, 0.15) is 178 Å². The van der Waals surface area contributed by atoms with Gasteiger partial charge in [0.2, 0.25) is 76.8 Å². The van der Waals surface area contributed by atoms with E-state index in [4.69, 9.17) is 32.8 Å². The number of carbonyl (C=O) groups is 20. The van der Waals surface area contributed by atoms with Crippen molar-refractivity contribution in [3.63, 3.8) is 0 Å². The van der Waals surface area contributed by atoms with Crippen molar-refractivity contribution >= 4 is 119 Å². The van der Waals surface area contributed by atoms with E-state index in [-0.39, 0.29) is 36.5 Å². The van der Waals surface area contributed by atoms with Crippen LogP contribution in [0.3, 0.4) is 0 Å². The minimum absolute atomic E-state index is 0.0533. The van der Waals surface area contributed by atoms with Crippen molar-refractivity contribution in [1.29, 1.82) is 0 Å². The topological polar surface area (TPSA) is 763 Å². The largest absolute Gasteiger partial charge is 0.481 e. The van der Waals surface area contributed by atoms with Gasteiger partial charge in [-0.2, -0.15) is 0 Å². The van der Waals surface area contributed by atoms with Crippen LogP contribution < -0.4 is 81.4 Å². The normalized spacial score (nSPS) is 15.4. The Morgan fingerprint density at radius 1 is 0.442 bits per heavy atom. The van der Waals surface area contributed by atoms with Gasteiger partial charge in [-0.1, -0.05) is 98.6 Å². The number of aliphatic carboxylic acids is 6. The quantitative estimate of drug-likeness (QED) is 0.0270. The summed E-state index contributed by atoms with van der Waals surface area (Å²) in [7, 11) is 0. The van der Waals surface area contributed by atoms with Crippen molar-refractivity contribution in [2.24, 2.45) is 46.6 Å². The first-order valence-corrected chi connectivity index (χ1v) is 38.9. The van der Waals surface area contributed by atoms with Crippen molar-refractivity contribution < 1.29 is 142 Å². The van der Waals surface area contributed by atoms with E-state index in [9.17, 15) is 127 Å². The van der Waals surface area contributed by atoms with Crippen molar-refractivity contribution in [3.8, 4) is 0 Å². The molecule has 0 spiro atoms. The number of unbranched alkanes of at least 4 members (excludes halogenated alkanes) is 1. The maximum atomic E-state index is 15.2. The summed E-state index contributed by atoms with van der Waals surface area (Å²) < 4.78 is 0. The molecule has 1 aromatic carbocycles. The Kier molecular flexibility index (Phi) is 50.1. The summed E-state index contributed by atoms with van der Waals surface area (Å²) in [5.74, 6) is -29.5. The Morgan fingerprint density at radius 3 is 1.23 bits per heavy atom. The second kappa shape index (κ2) is 55.4. The number of aliphatic hydroxyl groups excluding tert-OH is 3. The molecule has 0 saturated heterocycles. The molecular weight excluding hydrogens is 1590 g/mol. The Bertz CT molecular complexity index is 3660. The summed E-state index contributed by atoms with van der Waals surface area (Å²) in [6.07, 6.45) is -10.6. The lowest BCUT2D eigenvalue weighted by Crippen LogP contribution is -2.64. The maximum absolute atomic E-state index is 15.2. The Labute approximate surface area is 692 Å². The third-order valence-electron chi connectivity index (χ3n) is 18.3. The molecule has 0 bridgehead atoms. The highest BCUT2D eigenvalue weighted by Crippen LogP contribution is 2.21. The molecule has 0 saturated carbocycles. The summed E-state index contributed by atoms with van der Waals surface area (Å²) in [5, 5.41) is 113. The Morgan fingerprint density at radius 2 is 0.833 bits per heavy atom. The molecule has 0 fully saturated rings. The van der Waals surface area contributed by atoms with E-state index >= 15 is 4.79 Å². The highest BCUT2D eigenvalue weighted by Gasteiger charge is 2.45. The predicted octanol–water partition coefficient (Wildman–Crippen LogP) is -5.87. The van der Waals surface area contributed by atoms with E-state index in [0.29, 0.717) is 24.9 Å². The summed E-state index contributed by atoms with van der Waals surface area (Å²) in [6.45, 7) is 14.0. The number of carboxylic acid groups (broad SMARTS) is 6. The lowest BCUT2D eigenvalue weighted by Gasteiger charge is -2.36. The van der Waals surface area contributed by atoms with Gasteiger partial charge in [-0.15, -0.1) is 0 Å². The maximum Gasteiger partial charge on any atom is 0.326 e. The minimum atomic E-state index is -2.26. The number of imide groups is 1. The van der Waals surface area contributed by atoms with Crippen LogP contribution in [0, 0.1) is 23.7 Å². The number of aliphatic hydroxyl groups is 3. The fourth-order valence-electron chi connectivity index (χ4n) is 11.5. The first-order valence-electron chi connectivity index (χ1n) is 38.9. The van der Waals surface area contributed by atoms with Crippen LogP contribution in [0.4, 0.5) is 0 Å². The molecule has 0 aliphatic heterocycles. The highest BCUT2D eigenvalue weighted by atomic mass is 16.4. The number of nitrogens with one attached hydrogen (secondary N) is 11. The van der Waals surface area contributed by atoms with Crippen LogP contribution >= 0.6 is 0 Å². The number of primary amides is 1. The van der Waals surface area contributed by atoms with E-state index in [1.807, 2.05) is 0 Å². The average molecular weight is 1710 g/mol. The number of hydrogen-bond acceptors (Lipinski definition) is 26. The van der Waals surface area contributed by atoms with Crippen LogP contribution in [0.2, 0.25) is 0 Å². The number of hydrogen-bond donors (Lipinski definition) is 24. The fourth-order valence-corrected chi connectivity index (χ4v) is 11.5. The standard InChI is InChI=1S/C73H118N16O27.C2H4O2/c1-11-37(8)58(87-66(108)46(23-27-56(101)102)80-63(105)44(21-25-54(97)98)82-70(112)59(39(10)91)88-62(104)41(75)19-15-16-28-74)69(111)85-49(33-90)67(109)81-45(22-26-55(99)100)65(107)86-57(35(4)5)68(110)83-47(31-51(77)93)72(114)89(52(94)32-50(92)42(76)29-34(2)3)60(36(6)7)71(113)78-38(9)61(103)79-43(20-24-53(95)96)64(106)84-48(73(115)116)30-40-17-13-12-14-18-40;1-2(3)4/h12-14,17-18,34-39,41-50,57-60,90-92H,11,15-16,19-33,74-76H2,1-10H3,(H2,77,93)(H,78,113)(H,79,103)(H,80,105)(H,81,109)(H,82,112)(H,83,110)(H,84,106)(H,85,111)(H,86,107)(H,87,108)(H,88,104)(H,95,96)(H,97,98)(H,99,100)(H,101,102)(H,115,116);1H3,(H,3,4)/t37-,38-,39+,41-,42-,43-,44-,45-,46-,47-,48-,49-,50-,57-,58-,59-,60-;/m0./s1. The lowest BCUT2D eigenvalue weighted by atomic mass is 9.95. The third-order valence-corrected chi connectivity index (χ3v) is 18.3. The molecule has 676 valence electrons. The molecule has 0 aliphatic carbocycles. The summed E-state index contributed by atoms with van der Waals surface area (Å²) in [4.78, 5) is 266. The first-order chi connectivity index (χ1) is 55.8. The average Bonchev–Trinajstić information content (AvgIpc) is 0.800. The zero-order valence-corrected chi connectivity index (χ0v) is 69.1. The molecule has 0 aliphatic rings. The molecule has 14 amide bonds. The Hall–Kier alpha value is -11.4. The van der Waals surface area contributed by atoms with Gasteiger partial charge in [0.05, 0.1) is 37.7 Å². The van der Waals surface area contributed by atoms with Crippen molar-refractivity contribution in [2.75, 3.05) is 13.2 Å². The lowest BCUT2D eigenvalue weighted by molar-refractivity contribution is -0.157. The van der Waals surface area contributed by atoms with Gasteiger partial charge in [0, 0.05) is 45.1 Å². The van der Waals surface area contributed by atoms with Crippen molar-refractivity contribution in [1.82, 2.24) is 63.4 Å². The molecule has 0 aromatic heterocycles. The van der Waals surface area contributed by atoms with Gasteiger partial charge in [0.25, 0.3) is 11.9 Å². The summed E-state index contributed by atoms with van der Waals surface area (Å²) >= 11 is 0. The van der Waals surface area contributed by atoms with Crippen LogP contribution in [0.15, 0.2) is 30.3 Å². The second-order valence-corrected chi connectivity index (χ2v) is 29.9. The van der Waals surface area contributed by atoms with E-state index in [0.717, 1.165) is 20.8 Å². The van der Waals surface area contributed by atoms with E-state index < -0.39 is 304 Å². The number of carbonyl (C=O) groups excluding carboxylic acids is 14. The molecule has 45 nitrogen and oxygen atoms in total. The van der Waals surface area contributed by atoms with Crippen LogP contribution in [0.25, 0.3) is 0 Å². The number of rotatable bonds is 56. The van der Waals surface area contributed by atoms with Crippen molar-refractivity contribution in [3.05, 3.63) is 35.9 Å². The number of amides is 14. The van der Waals surface area contributed by atoms with E-state index in [2.05, 4.69) is 58.5 Å². The van der Waals surface area contributed by atoms with Gasteiger partial charge in [-0.25, -0.2) is 4.79 Å². The Balaban J connectivity index is 0.0000345. The molecule has 0 heterocycles. The number of carboxylic acids is 6. The van der Waals surface area contributed by atoms with Gasteiger partial charge in [0.15, 0.2) is 0 Å². The number of nitrogens with two attached hydrogens (primary N) is 4. The highest BCUT2D eigenvalue weighted by molar-refractivity contribution is 6.06. The zero-order valence-electron chi connectivity index (χ0n) is 69.1. The molecule has 1 rings (SSSR count). The molecule has 45 heteroatoms. The van der Waals surface area contributed by atoms with Gasteiger partial charge in [-0.3, -0.25) is 96.0 Å². The van der Waals surface area contributed by atoms with E-state index in [1.54, 1.807) is 51.1 Å². The monoisotopic (exact) mass is 1710 g/mol. The molecule has 120 heavy (non-hydrogen) atoms. The number of benzene rings is 1. The molecular formula is C75H122N16O29. The molecule has 17 atom stereocenters. The van der Waals surface area contributed by atoms with Gasteiger partial charge in [-0.05, 0) is 94.6 Å². The second-order valence-electron chi connectivity index (χ2n) is 29.9. The minimum Gasteiger partial charge on any atom is -0.481 e. The van der Waals surface area contributed by atoms with Gasteiger partial charge in [0.1, 0.15) is 72.5 Å². The van der Waals surface area contributed by atoms with Crippen LogP contribution in [0.5, 0.6) is 0 Å². The summed E-state index contributed by atoms with van der Waals surface area (Å²) in [6, 6.07) is -16.9. The molecule has 1 aromatic rings. The fraction of sp³-hybridized carbons (Fsp3) is 0.653. The van der Waals surface area contributed by atoms with Crippen molar-refractivity contribution in [2.45, 2.75) is 276 Å². The summed E-state index contributed by atoms with van der Waals surface area (Å²) in [5.41, 5.74) is 23.8. The van der Waals surface area contributed by atoms with E-state index in [1.165, 1.54) is 34.6 Å². The smallest absolute Gasteiger partial charge is 0.326 e. The molecule has 0 unspecified atom stereocenters. The van der Waals surface area contributed by atoms with Crippen LogP contribution in [-0.2, 0) is 102 Å². The van der Waals surface area contributed by atoms with Gasteiger partial charge >= 0.3 is 29.8 Å². The predicted molar refractivity (Wildman–Crippen MR) is 422 cm³/mol. The first kappa shape index (κ1) is 109. The third kappa shape index (κ3) is 41.3. The molecule has 28 N–H and O–H groups in total. The molecule has 0 radical (unpaired) electrons. The number of nitrogens with zero attached hydrogens (tertiary/aromatic N) is 1. The zero-order chi connectivity index (χ0) is 92.3.